The van der Waals surface area contributed by atoms with Crippen LogP contribution in [0.15, 0.2) is 73.3 Å². The number of hydrogen-bond acceptors (Lipinski definition) is 5. The first-order valence-corrected chi connectivity index (χ1v) is 10.3. The number of piperazine rings is 1. The van der Waals surface area contributed by atoms with Crippen LogP contribution in [0.25, 0.3) is 11.1 Å². The fraction of sp³-hybridized carbons (Fsp3) is 0.250. The van der Waals surface area contributed by atoms with E-state index in [0.29, 0.717) is 12.1 Å². The van der Waals surface area contributed by atoms with E-state index in [-0.39, 0.29) is 43.0 Å². The highest BCUT2D eigenvalue weighted by Gasteiger charge is 2.54. The quantitative estimate of drug-likeness (QED) is 0.705. The van der Waals surface area contributed by atoms with Crippen LogP contribution in [0.1, 0.15) is 21.8 Å². The van der Waals surface area contributed by atoms with Gasteiger partial charge in [0, 0.05) is 37.3 Å². The van der Waals surface area contributed by atoms with Gasteiger partial charge >= 0.3 is 0 Å². The zero-order valence-electron chi connectivity index (χ0n) is 16.8. The molecule has 3 atom stereocenters. The summed E-state index contributed by atoms with van der Waals surface area (Å²) in [6, 6.07) is 15.1. The normalized spacial score (nSPS) is 22.6. The Bertz CT molecular complexity index is 1090. The van der Waals surface area contributed by atoms with Crippen molar-refractivity contribution in [2.75, 3.05) is 19.7 Å². The average Bonchev–Trinajstić information content (AvgIpc) is 2.81. The van der Waals surface area contributed by atoms with Crippen molar-refractivity contribution >= 4 is 11.8 Å². The highest BCUT2D eigenvalue weighted by molar-refractivity contribution is 5.97. The Hall–Kier alpha value is -3.58. The minimum absolute atomic E-state index is 0.0212. The molecule has 1 aromatic carbocycles. The molecule has 2 aliphatic heterocycles. The maximum Gasteiger partial charge on any atom is 0.255 e. The molecule has 0 bridgehead atoms. The number of hydrogen-bond donors (Lipinski definition) is 1. The van der Waals surface area contributed by atoms with Crippen molar-refractivity contribution in [2.45, 2.75) is 18.0 Å². The average molecular weight is 414 g/mol. The van der Waals surface area contributed by atoms with E-state index in [2.05, 4.69) is 9.97 Å². The number of amides is 2. The van der Waals surface area contributed by atoms with Crippen LogP contribution in [-0.2, 0) is 4.79 Å². The molecule has 0 aliphatic carbocycles. The predicted octanol–water partition coefficient (Wildman–Crippen LogP) is 1.95. The van der Waals surface area contributed by atoms with Gasteiger partial charge < -0.3 is 14.9 Å². The fourth-order valence-corrected chi connectivity index (χ4v) is 4.76. The zero-order chi connectivity index (χ0) is 21.4. The van der Waals surface area contributed by atoms with Gasteiger partial charge in [-0.3, -0.25) is 19.6 Å². The van der Waals surface area contributed by atoms with Gasteiger partial charge in [-0.1, -0.05) is 30.3 Å². The lowest BCUT2D eigenvalue weighted by Crippen LogP contribution is -2.73. The SMILES string of the molecule is O=C(c1cccnc1)N1CC(=O)N2[C@H](CO)[C@H](c3ccc(-c4cccnc4)cc3)[C@@H]2C1. The van der Waals surface area contributed by atoms with Crippen molar-refractivity contribution in [1.82, 2.24) is 19.8 Å². The molecule has 2 saturated heterocycles. The molecule has 3 aromatic rings. The Labute approximate surface area is 180 Å². The second kappa shape index (κ2) is 7.92. The van der Waals surface area contributed by atoms with Crippen LogP contribution in [0.5, 0.6) is 0 Å². The molecule has 5 rings (SSSR count). The number of carbonyl (C=O) groups is 2. The number of carbonyl (C=O) groups excluding carboxylic acids is 2. The van der Waals surface area contributed by atoms with Gasteiger partial charge in [0.2, 0.25) is 5.91 Å². The van der Waals surface area contributed by atoms with Crippen molar-refractivity contribution in [3.05, 3.63) is 84.4 Å². The van der Waals surface area contributed by atoms with Crippen molar-refractivity contribution in [2.24, 2.45) is 0 Å². The molecular formula is C24H22N4O3. The van der Waals surface area contributed by atoms with E-state index in [9.17, 15) is 14.7 Å². The van der Waals surface area contributed by atoms with E-state index in [1.807, 2.05) is 42.6 Å². The van der Waals surface area contributed by atoms with Gasteiger partial charge in [-0.15, -0.1) is 0 Å². The summed E-state index contributed by atoms with van der Waals surface area (Å²) < 4.78 is 0. The lowest BCUT2D eigenvalue weighted by atomic mass is 9.73. The first-order valence-electron chi connectivity index (χ1n) is 10.3. The van der Waals surface area contributed by atoms with Crippen molar-refractivity contribution in [3.63, 3.8) is 0 Å². The van der Waals surface area contributed by atoms with Gasteiger partial charge in [0.05, 0.1) is 24.3 Å². The largest absolute Gasteiger partial charge is 0.394 e. The summed E-state index contributed by atoms with van der Waals surface area (Å²) in [5.74, 6) is -0.351. The number of rotatable bonds is 4. The molecule has 4 heterocycles. The number of aliphatic hydroxyl groups is 1. The molecule has 156 valence electrons. The standard InChI is InChI=1S/C24H22N4O3/c29-15-21-23(17-7-5-16(6-8-17)18-3-1-9-25-11-18)20-13-27(14-22(30)28(20)21)24(31)19-4-2-10-26-12-19/h1-12,20-21,23,29H,13-15H2/t20-,21+,23+/m0/s1. The van der Waals surface area contributed by atoms with Crippen LogP contribution in [0.3, 0.4) is 0 Å². The molecule has 1 N–H and O–H groups in total. The summed E-state index contributed by atoms with van der Waals surface area (Å²) in [6.45, 7) is 0.353. The van der Waals surface area contributed by atoms with E-state index in [4.69, 9.17) is 0 Å². The second-order valence-electron chi connectivity index (χ2n) is 7.94. The van der Waals surface area contributed by atoms with Crippen LogP contribution in [0.4, 0.5) is 0 Å². The summed E-state index contributed by atoms with van der Waals surface area (Å²) in [5, 5.41) is 9.97. The Kier molecular flexibility index (Phi) is 4.95. The molecule has 0 unspecified atom stereocenters. The van der Waals surface area contributed by atoms with E-state index in [1.54, 1.807) is 34.3 Å². The molecule has 0 radical (unpaired) electrons. The maximum atomic E-state index is 12.9. The second-order valence-corrected chi connectivity index (χ2v) is 7.94. The van der Waals surface area contributed by atoms with Gasteiger partial charge in [0.15, 0.2) is 0 Å². The number of pyridine rings is 2. The molecule has 2 aliphatic rings. The molecule has 2 fully saturated rings. The zero-order valence-corrected chi connectivity index (χ0v) is 16.8. The summed E-state index contributed by atoms with van der Waals surface area (Å²) in [6.07, 6.45) is 6.69. The molecule has 0 spiro atoms. The molecule has 0 saturated carbocycles. The van der Waals surface area contributed by atoms with E-state index >= 15 is 0 Å². The summed E-state index contributed by atoms with van der Waals surface area (Å²) in [7, 11) is 0. The van der Waals surface area contributed by atoms with E-state index in [0.717, 1.165) is 16.7 Å². The third kappa shape index (κ3) is 3.37. The van der Waals surface area contributed by atoms with Crippen molar-refractivity contribution in [1.29, 1.82) is 0 Å². The number of nitrogens with zero attached hydrogens (tertiary/aromatic N) is 4. The smallest absolute Gasteiger partial charge is 0.255 e. The number of fused-ring (bicyclic) bond motifs is 1. The van der Waals surface area contributed by atoms with Crippen LogP contribution in [0.2, 0.25) is 0 Å². The fourth-order valence-electron chi connectivity index (χ4n) is 4.76. The number of aromatic nitrogens is 2. The number of benzene rings is 1. The molecule has 2 aromatic heterocycles. The van der Waals surface area contributed by atoms with Crippen molar-refractivity contribution < 1.29 is 14.7 Å². The predicted molar refractivity (Wildman–Crippen MR) is 114 cm³/mol. The van der Waals surface area contributed by atoms with Crippen LogP contribution in [0, 0.1) is 0 Å². The first-order chi connectivity index (χ1) is 15.2. The topological polar surface area (TPSA) is 86.6 Å². The Balaban J connectivity index is 1.39. The minimum atomic E-state index is -0.266. The summed E-state index contributed by atoms with van der Waals surface area (Å²) >= 11 is 0. The maximum absolute atomic E-state index is 12.9. The molecule has 31 heavy (non-hydrogen) atoms. The third-order valence-corrected chi connectivity index (χ3v) is 6.24. The minimum Gasteiger partial charge on any atom is -0.394 e. The molecule has 2 amide bonds. The molecule has 7 heteroatoms. The number of aliphatic hydroxyl groups excluding tert-OH is 1. The van der Waals surface area contributed by atoms with Crippen LogP contribution >= 0.6 is 0 Å². The highest BCUT2D eigenvalue weighted by atomic mass is 16.3. The lowest BCUT2D eigenvalue weighted by Gasteiger charge is -2.58. The van der Waals surface area contributed by atoms with E-state index < -0.39 is 0 Å². The summed E-state index contributed by atoms with van der Waals surface area (Å²) in [5.41, 5.74) is 3.61. The monoisotopic (exact) mass is 414 g/mol. The van der Waals surface area contributed by atoms with Gasteiger partial charge in [0.25, 0.3) is 5.91 Å². The third-order valence-electron chi connectivity index (χ3n) is 6.24. The lowest BCUT2D eigenvalue weighted by molar-refractivity contribution is -0.159. The van der Waals surface area contributed by atoms with Crippen molar-refractivity contribution in [3.8, 4) is 11.1 Å². The Morgan fingerprint density at radius 2 is 1.74 bits per heavy atom. The highest BCUT2D eigenvalue weighted by Crippen LogP contribution is 2.43. The molecule has 7 nitrogen and oxygen atoms in total. The first kappa shape index (κ1) is 19.4. The van der Waals surface area contributed by atoms with Gasteiger partial charge in [0.1, 0.15) is 6.54 Å². The van der Waals surface area contributed by atoms with Crippen LogP contribution < -0.4 is 0 Å². The van der Waals surface area contributed by atoms with E-state index in [1.165, 1.54) is 6.20 Å². The van der Waals surface area contributed by atoms with Gasteiger partial charge in [-0.25, -0.2) is 0 Å². The Morgan fingerprint density at radius 1 is 1.00 bits per heavy atom. The molecular weight excluding hydrogens is 392 g/mol. The Morgan fingerprint density at radius 3 is 2.39 bits per heavy atom. The van der Waals surface area contributed by atoms with Gasteiger partial charge in [-0.2, -0.15) is 0 Å². The summed E-state index contributed by atoms with van der Waals surface area (Å²) in [4.78, 5) is 37.2. The van der Waals surface area contributed by atoms with Gasteiger partial charge in [-0.05, 0) is 34.9 Å². The van der Waals surface area contributed by atoms with Crippen LogP contribution in [-0.4, -0.2) is 68.5 Å².